The van der Waals surface area contributed by atoms with Crippen molar-refractivity contribution in [1.29, 1.82) is 0 Å². The van der Waals surface area contributed by atoms with Crippen molar-refractivity contribution in [3.8, 4) is 23.0 Å². The van der Waals surface area contributed by atoms with Crippen molar-refractivity contribution in [3.05, 3.63) is 42.5 Å². The molecule has 6 nitrogen and oxygen atoms in total. The van der Waals surface area contributed by atoms with Gasteiger partial charge < -0.3 is 29.6 Å². The molecule has 2 aliphatic rings. The molecule has 1 atom stereocenters. The van der Waals surface area contributed by atoms with Gasteiger partial charge in [0.1, 0.15) is 25.9 Å². The maximum absolute atomic E-state index is 5.93. The number of nitrogens with one attached hydrogen (secondary N) is 2. The number of para-hydroxylation sites is 2. The molecule has 26 heavy (non-hydrogen) atoms. The summed E-state index contributed by atoms with van der Waals surface area (Å²) in [6, 6.07) is 13.8. The second-order valence-corrected chi connectivity index (χ2v) is 6.34. The fourth-order valence-electron chi connectivity index (χ4n) is 3.03. The number of rotatable bonds is 7. The van der Waals surface area contributed by atoms with E-state index in [1.165, 1.54) is 0 Å². The lowest BCUT2D eigenvalue weighted by atomic mass is 10.2. The second-order valence-electron chi connectivity index (χ2n) is 6.34. The molecule has 4 rings (SSSR count). The summed E-state index contributed by atoms with van der Waals surface area (Å²) >= 11 is 0. The van der Waals surface area contributed by atoms with Crippen LogP contribution in [0.15, 0.2) is 42.5 Å². The first kappa shape index (κ1) is 16.8. The monoisotopic (exact) mass is 356 g/mol. The Balaban J connectivity index is 1.13. The Morgan fingerprint density at radius 3 is 2.58 bits per heavy atom. The molecule has 1 unspecified atom stereocenters. The largest absolute Gasteiger partial charge is 0.486 e. The lowest BCUT2D eigenvalue weighted by Crippen LogP contribution is -2.39. The van der Waals surface area contributed by atoms with Gasteiger partial charge in [0.2, 0.25) is 0 Å². The standard InChI is InChI=1S/C20H24N2O4/c1-2-5-19-17(4-1)25-14-16(26-19)13-21-8-3-9-22-15-6-7-18-20(12-15)24-11-10-23-18/h1-2,4-7,12,16,21-22H,3,8-11,13-14H2. The molecule has 0 fully saturated rings. The molecule has 0 aromatic heterocycles. The van der Waals surface area contributed by atoms with Gasteiger partial charge in [0.15, 0.2) is 23.0 Å². The summed E-state index contributed by atoms with van der Waals surface area (Å²) < 4.78 is 22.8. The first-order valence-electron chi connectivity index (χ1n) is 9.11. The Morgan fingerprint density at radius 1 is 0.846 bits per heavy atom. The zero-order valence-corrected chi connectivity index (χ0v) is 14.7. The van der Waals surface area contributed by atoms with Crippen LogP contribution in [-0.2, 0) is 0 Å². The summed E-state index contributed by atoms with van der Waals surface area (Å²) in [5.41, 5.74) is 1.05. The molecule has 138 valence electrons. The van der Waals surface area contributed by atoms with Gasteiger partial charge >= 0.3 is 0 Å². The lowest BCUT2D eigenvalue weighted by molar-refractivity contribution is 0.0906. The molecule has 6 heteroatoms. The van der Waals surface area contributed by atoms with Crippen LogP contribution in [0.4, 0.5) is 5.69 Å². The average Bonchev–Trinajstić information content (AvgIpc) is 2.70. The van der Waals surface area contributed by atoms with Crippen LogP contribution in [-0.4, -0.2) is 45.6 Å². The smallest absolute Gasteiger partial charge is 0.163 e. The molecule has 0 spiro atoms. The molecule has 0 aliphatic carbocycles. The quantitative estimate of drug-likeness (QED) is 0.744. The van der Waals surface area contributed by atoms with Crippen molar-refractivity contribution in [2.75, 3.05) is 44.8 Å². The van der Waals surface area contributed by atoms with E-state index in [1.807, 2.05) is 42.5 Å². The molecule has 0 amide bonds. The summed E-state index contributed by atoms with van der Waals surface area (Å²) in [6.07, 6.45) is 1.06. The number of benzene rings is 2. The molecule has 0 saturated heterocycles. The highest BCUT2D eigenvalue weighted by Gasteiger charge is 2.19. The summed E-state index contributed by atoms with van der Waals surface area (Å²) in [7, 11) is 0. The predicted octanol–water partition coefficient (Wildman–Crippen LogP) is 2.69. The summed E-state index contributed by atoms with van der Waals surface area (Å²) in [4.78, 5) is 0. The third-order valence-corrected chi connectivity index (χ3v) is 4.34. The maximum Gasteiger partial charge on any atom is 0.163 e. The molecule has 0 radical (unpaired) electrons. The number of ether oxygens (including phenoxy) is 4. The van der Waals surface area contributed by atoms with Gasteiger partial charge in [-0.15, -0.1) is 0 Å². The Kier molecular flexibility index (Phi) is 5.30. The number of anilines is 1. The highest BCUT2D eigenvalue weighted by molar-refractivity contribution is 5.55. The molecule has 0 saturated carbocycles. The highest BCUT2D eigenvalue weighted by Crippen LogP contribution is 2.32. The van der Waals surface area contributed by atoms with Crippen LogP contribution in [0.25, 0.3) is 0 Å². The Labute approximate surface area is 153 Å². The molecular weight excluding hydrogens is 332 g/mol. The Hall–Kier alpha value is -2.60. The summed E-state index contributed by atoms with van der Waals surface area (Å²) in [5, 5.41) is 6.85. The van der Waals surface area contributed by atoms with Crippen LogP contribution in [0.3, 0.4) is 0 Å². The topological polar surface area (TPSA) is 61.0 Å². The van der Waals surface area contributed by atoms with Gasteiger partial charge in [0.05, 0.1) is 0 Å². The predicted molar refractivity (Wildman–Crippen MR) is 99.8 cm³/mol. The van der Waals surface area contributed by atoms with E-state index in [0.717, 1.165) is 54.7 Å². The van der Waals surface area contributed by atoms with Crippen LogP contribution >= 0.6 is 0 Å². The van der Waals surface area contributed by atoms with Crippen molar-refractivity contribution in [3.63, 3.8) is 0 Å². The van der Waals surface area contributed by atoms with Crippen LogP contribution in [0.2, 0.25) is 0 Å². The Morgan fingerprint density at radius 2 is 1.65 bits per heavy atom. The van der Waals surface area contributed by atoms with Crippen LogP contribution in [0.5, 0.6) is 23.0 Å². The third kappa shape index (κ3) is 4.14. The zero-order valence-electron chi connectivity index (χ0n) is 14.7. The zero-order chi connectivity index (χ0) is 17.6. The number of hydrogen-bond acceptors (Lipinski definition) is 6. The van der Waals surface area contributed by atoms with Gasteiger partial charge in [-0.3, -0.25) is 0 Å². The highest BCUT2D eigenvalue weighted by atomic mass is 16.6. The molecule has 2 aromatic rings. The second kappa shape index (κ2) is 8.19. The minimum Gasteiger partial charge on any atom is -0.486 e. The Bertz CT molecular complexity index is 738. The minimum atomic E-state index is 0.0515. The van der Waals surface area contributed by atoms with Crippen molar-refractivity contribution in [2.45, 2.75) is 12.5 Å². The van der Waals surface area contributed by atoms with Gasteiger partial charge in [-0.1, -0.05) is 12.1 Å². The SMILES string of the molecule is c1ccc2c(c1)OCC(CNCCCNc1ccc3c(c1)OCCO3)O2. The van der Waals surface area contributed by atoms with Gasteiger partial charge in [-0.05, 0) is 37.2 Å². The summed E-state index contributed by atoms with van der Waals surface area (Å²) in [5.74, 6) is 3.28. The van der Waals surface area contributed by atoms with Gasteiger partial charge in [-0.2, -0.15) is 0 Å². The van der Waals surface area contributed by atoms with Crippen molar-refractivity contribution >= 4 is 5.69 Å². The molecule has 2 aromatic carbocycles. The van der Waals surface area contributed by atoms with Crippen LogP contribution in [0, 0.1) is 0 Å². The fraction of sp³-hybridized carbons (Fsp3) is 0.400. The van der Waals surface area contributed by atoms with E-state index in [4.69, 9.17) is 18.9 Å². The van der Waals surface area contributed by atoms with E-state index in [9.17, 15) is 0 Å². The first-order chi connectivity index (χ1) is 12.9. The molecular formula is C20H24N2O4. The fourth-order valence-corrected chi connectivity index (χ4v) is 3.03. The van der Waals surface area contributed by atoms with Crippen molar-refractivity contribution in [1.82, 2.24) is 5.32 Å². The molecule has 2 N–H and O–H groups in total. The molecule has 0 bridgehead atoms. The molecule has 2 aliphatic heterocycles. The van der Waals surface area contributed by atoms with Gasteiger partial charge in [0, 0.05) is 24.8 Å². The van der Waals surface area contributed by atoms with E-state index in [0.29, 0.717) is 19.8 Å². The lowest BCUT2D eigenvalue weighted by Gasteiger charge is -2.26. The maximum atomic E-state index is 5.93. The van der Waals surface area contributed by atoms with Crippen molar-refractivity contribution in [2.24, 2.45) is 0 Å². The van der Waals surface area contributed by atoms with Gasteiger partial charge in [0.25, 0.3) is 0 Å². The van der Waals surface area contributed by atoms with E-state index >= 15 is 0 Å². The number of hydrogen-bond donors (Lipinski definition) is 2. The van der Waals surface area contributed by atoms with Crippen LogP contribution in [0.1, 0.15) is 6.42 Å². The third-order valence-electron chi connectivity index (χ3n) is 4.34. The van der Waals surface area contributed by atoms with E-state index < -0.39 is 0 Å². The minimum absolute atomic E-state index is 0.0515. The van der Waals surface area contributed by atoms with Gasteiger partial charge in [-0.25, -0.2) is 0 Å². The average molecular weight is 356 g/mol. The molecule has 2 heterocycles. The summed E-state index contributed by atoms with van der Waals surface area (Å²) in [6.45, 7) is 4.39. The number of fused-ring (bicyclic) bond motifs is 2. The van der Waals surface area contributed by atoms with E-state index in [1.54, 1.807) is 0 Å². The van der Waals surface area contributed by atoms with Crippen molar-refractivity contribution < 1.29 is 18.9 Å². The van der Waals surface area contributed by atoms with Crippen LogP contribution < -0.4 is 29.6 Å². The normalized spacial score (nSPS) is 17.6. The van der Waals surface area contributed by atoms with E-state index in [2.05, 4.69) is 10.6 Å². The first-order valence-corrected chi connectivity index (χ1v) is 9.11. The van der Waals surface area contributed by atoms with E-state index in [-0.39, 0.29) is 6.10 Å².